The fraction of sp³-hybridized carbons (Fsp3) is 0.100. The Morgan fingerprint density at radius 3 is 2.40 bits per heavy atom. The molecule has 3 aromatic heterocycles. The number of aromatic nitrogens is 6. The summed E-state index contributed by atoms with van der Waals surface area (Å²) >= 11 is 2.81. The second-order valence-electron chi connectivity index (χ2n) is 6.47. The van der Waals surface area contributed by atoms with Gasteiger partial charge in [0.15, 0.2) is 5.82 Å². The molecule has 5 rings (SSSR count). The molecule has 0 atom stereocenters. The van der Waals surface area contributed by atoms with E-state index in [1.165, 1.54) is 22.7 Å². The molecule has 0 fully saturated rings. The summed E-state index contributed by atoms with van der Waals surface area (Å²) in [6.45, 7) is 0. The van der Waals surface area contributed by atoms with Crippen LogP contribution in [-0.4, -0.2) is 35.9 Å². The molecule has 1 amide bonds. The zero-order valence-electron chi connectivity index (χ0n) is 15.6. The van der Waals surface area contributed by atoms with E-state index in [1.807, 2.05) is 36.4 Å². The summed E-state index contributed by atoms with van der Waals surface area (Å²) in [5.41, 5.74) is 1.73. The number of fused-ring (bicyclic) bond motifs is 1. The van der Waals surface area contributed by atoms with Gasteiger partial charge in [-0.2, -0.15) is 9.61 Å². The molecule has 5 aromatic rings. The number of nitrogens with one attached hydrogen (secondary N) is 1. The quantitative estimate of drug-likeness (QED) is 0.440. The average Bonchev–Trinajstić information content (AvgIpc) is 3.47. The van der Waals surface area contributed by atoms with E-state index < -0.39 is 0 Å². The van der Waals surface area contributed by atoms with Crippen LogP contribution in [-0.2, 0) is 12.8 Å². The highest BCUT2D eigenvalue weighted by Gasteiger charge is 2.15. The van der Waals surface area contributed by atoms with E-state index in [1.54, 1.807) is 16.6 Å². The van der Waals surface area contributed by atoms with Crippen molar-refractivity contribution in [1.82, 2.24) is 30.0 Å². The number of hydrogen-bond acceptors (Lipinski definition) is 8. The predicted octanol–water partition coefficient (Wildman–Crippen LogP) is 3.47. The predicted molar refractivity (Wildman–Crippen MR) is 115 cm³/mol. The maximum absolute atomic E-state index is 12.3. The Morgan fingerprint density at radius 1 is 0.833 bits per heavy atom. The number of carbonyl (C=O) groups is 1. The molecule has 30 heavy (non-hydrogen) atoms. The van der Waals surface area contributed by atoms with E-state index >= 15 is 0 Å². The number of nitrogens with zero attached hydrogens (tertiary/aromatic N) is 6. The van der Waals surface area contributed by atoms with E-state index in [9.17, 15) is 4.79 Å². The lowest BCUT2D eigenvalue weighted by atomic mass is 10.1. The largest absolute Gasteiger partial charge is 0.296 e. The van der Waals surface area contributed by atoms with Crippen LogP contribution in [0.4, 0.5) is 5.13 Å². The Kier molecular flexibility index (Phi) is 4.99. The first-order valence-corrected chi connectivity index (χ1v) is 10.8. The van der Waals surface area contributed by atoms with Crippen LogP contribution in [0.25, 0.3) is 4.96 Å². The van der Waals surface area contributed by atoms with Gasteiger partial charge < -0.3 is 0 Å². The molecule has 0 aliphatic rings. The first-order valence-electron chi connectivity index (χ1n) is 9.17. The third-order valence-electron chi connectivity index (χ3n) is 4.33. The topological polar surface area (TPSA) is 98.0 Å². The van der Waals surface area contributed by atoms with Gasteiger partial charge in [-0.15, -0.1) is 20.4 Å². The minimum atomic E-state index is -0.206. The summed E-state index contributed by atoms with van der Waals surface area (Å²) in [5, 5.41) is 26.3. The Morgan fingerprint density at radius 2 is 1.60 bits per heavy atom. The average molecular weight is 434 g/mol. The summed E-state index contributed by atoms with van der Waals surface area (Å²) in [6.07, 6.45) is 1.19. The summed E-state index contributed by atoms with van der Waals surface area (Å²) < 4.78 is 1.78. The Balaban J connectivity index is 1.29. The fourth-order valence-electron chi connectivity index (χ4n) is 2.92. The number of amides is 1. The number of anilines is 1. The Bertz CT molecular complexity index is 1290. The SMILES string of the molecule is O=C(Nc1nnc(Cc2nn3c(Cc4ccccc4)nnc3s2)s1)c1ccccc1. The maximum atomic E-state index is 12.3. The number of benzene rings is 2. The summed E-state index contributed by atoms with van der Waals surface area (Å²) in [4.78, 5) is 13.0. The monoisotopic (exact) mass is 433 g/mol. The van der Waals surface area contributed by atoms with E-state index in [-0.39, 0.29) is 5.91 Å². The lowest BCUT2D eigenvalue weighted by molar-refractivity contribution is 0.102. The standard InChI is InChI=1S/C20H15N7OS2/c28-18(14-9-5-2-6-10-14)21-19-24-23-16(29-19)12-17-26-27-15(22-25-20(27)30-17)11-13-7-3-1-4-8-13/h1-10H,11-12H2,(H,21,24,28). The molecule has 0 aliphatic heterocycles. The van der Waals surface area contributed by atoms with Crippen molar-refractivity contribution in [3.8, 4) is 0 Å². The summed E-state index contributed by atoms with van der Waals surface area (Å²) in [7, 11) is 0. The molecule has 0 bridgehead atoms. The molecule has 0 aliphatic carbocycles. The molecule has 8 nitrogen and oxygen atoms in total. The minimum absolute atomic E-state index is 0.206. The maximum Gasteiger partial charge on any atom is 0.257 e. The smallest absolute Gasteiger partial charge is 0.257 e. The molecule has 3 heterocycles. The molecule has 1 N–H and O–H groups in total. The van der Waals surface area contributed by atoms with E-state index in [2.05, 4.69) is 42.9 Å². The van der Waals surface area contributed by atoms with Gasteiger partial charge in [-0.3, -0.25) is 10.1 Å². The van der Waals surface area contributed by atoms with Crippen molar-refractivity contribution in [2.45, 2.75) is 12.8 Å². The second-order valence-corrected chi connectivity index (χ2v) is 8.57. The number of hydrogen-bond donors (Lipinski definition) is 1. The van der Waals surface area contributed by atoms with Crippen molar-refractivity contribution < 1.29 is 4.79 Å². The molecule has 0 unspecified atom stereocenters. The van der Waals surface area contributed by atoms with Gasteiger partial charge in [-0.25, -0.2) is 0 Å². The Labute approximate surface area is 179 Å². The first-order chi connectivity index (χ1) is 14.7. The molecule has 2 aromatic carbocycles. The third-order valence-corrected chi connectivity index (χ3v) is 6.07. The zero-order valence-corrected chi connectivity index (χ0v) is 17.2. The van der Waals surface area contributed by atoms with Gasteiger partial charge in [0.1, 0.15) is 10.0 Å². The van der Waals surface area contributed by atoms with Gasteiger partial charge in [0.05, 0.1) is 6.42 Å². The summed E-state index contributed by atoms with van der Waals surface area (Å²) in [6, 6.07) is 19.1. The van der Waals surface area contributed by atoms with Crippen molar-refractivity contribution in [3.63, 3.8) is 0 Å². The van der Waals surface area contributed by atoms with Crippen LogP contribution in [0.1, 0.15) is 31.8 Å². The van der Waals surface area contributed by atoms with Gasteiger partial charge in [0, 0.05) is 12.0 Å². The molecule has 0 radical (unpaired) electrons. The van der Waals surface area contributed by atoms with E-state index in [4.69, 9.17) is 0 Å². The molecule has 0 saturated carbocycles. The lowest BCUT2D eigenvalue weighted by Gasteiger charge is -1.99. The van der Waals surface area contributed by atoms with Crippen molar-refractivity contribution in [1.29, 1.82) is 0 Å². The van der Waals surface area contributed by atoms with Crippen LogP contribution >= 0.6 is 22.7 Å². The van der Waals surface area contributed by atoms with Crippen LogP contribution < -0.4 is 5.32 Å². The number of carbonyl (C=O) groups excluding carboxylic acids is 1. The van der Waals surface area contributed by atoms with Gasteiger partial charge in [0.25, 0.3) is 5.91 Å². The van der Waals surface area contributed by atoms with Crippen LogP contribution in [0, 0.1) is 0 Å². The molecular weight excluding hydrogens is 418 g/mol. The van der Waals surface area contributed by atoms with E-state index in [0.29, 0.717) is 23.5 Å². The van der Waals surface area contributed by atoms with Crippen molar-refractivity contribution in [2.75, 3.05) is 5.32 Å². The molecule has 148 valence electrons. The van der Waals surface area contributed by atoms with Crippen LogP contribution in [0.15, 0.2) is 60.7 Å². The lowest BCUT2D eigenvalue weighted by Crippen LogP contribution is -2.11. The van der Waals surface area contributed by atoms with Crippen molar-refractivity contribution in [3.05, 3.63) is 87.6 Å². The summed E-state index contributed by atoms with van der Waals surface area (Å²) in [5.74, 6) is 0.592. The van der Waals surface area contributed by atoms with Gasteiger partial charge in [-0.1, -0.05) is 71.2 Å². The Hall–Kier alpha value is -3.50. The third kappa shape index (κ3) is 3.95. The molecular formula is C20H15N7OS2. The van der Waals surface area contributed by atoms with Gasteiger partial charge >= 0.3 is 0 Å². The molecule has 0 spiro atoms. The van der Waals surface area contributed by atoms with Gasteiger partial charge in [-0.05, 0) is 17.7 Å². The molecule has 0 saturated heterocycles. The van der Waals surface area contributed by atoms with Gasteiger partial charge in [0.2, 0.25) is 10.1 Å². The van der Waals surface area contributed by atoms with Crippen molar-refractivity contribution in [2.24, 2.45) is 0 Å². The van der Waals surface area contributed by atoms with Crippen LogP contribution in [0.5, 0.6) is 0 Å². The normalized spacial score (nSPS) is 11.1. The second kappa shape index (κ2) is 8.09. The van der Waals surface area contributed by atoms with Crippen LogP contribution in [0.2, 0.25) is 0 Å². The van der Waals surface area contributed by atoms with E-state index in [0.717, 1.165) is 26.4 Å². The number of rotatable bonds is 6. The fourth-order valence-corrected chi connectivity index (χ4v) is 4.61. The zero-order chi connectivity index (χ0) is 20.3. The first kappa shape index (κ1) is 18.5. The highest BCUT2D eigenvalue weighted by Crippen LogP contribution is 2.22. The highest BCUT2D eigenvalue weighted by molar-refractivity contribution is 7.17. The van der Waals surface area contributed by atoms with Crippen molar-refractivity contribution >= 4 is 38.7 Å². The van der Waals surface area contributed by atoms with Crippen LogP contribution in [0.3, 0.4) is 0 Å². The molecule has 10 heteroatoms. The minimum Gasteiger partial charge on any atom is -0.296 e. The highest BCUT2D eigenvalue weighted by atomic mass is 32.1.